The highest BCUT2D eigenvalue weighted by atomic mass is 16.5. The van der Waals surface area contributed by atoms with Crippen LogP contribution in [0.4, 0.5) is 0 Å². The summed E-state index contributed by atoms with van der Waals surface area (Å²) in [6.45, 7) is 1.07. The zero-order chi connectivity index (χ0) is 20.5. The highest BCUT2D eigenvalue weighted by Crippen LogP contribution is 2.22. The van der Waals surface area contributed by atoms with Gasteiger partial charge in [0.05, 0.1) is 27.4 Å². The van der Waals surface area contributed by atoms with Crippen LogP contribution >= 0.6 is 0 Å². The molecule has 5 heteroatoms. The van der Waals surface area contributed by atoms with Gasteiger partial charge >= 0.3 is 0 Å². The Kier molecular flexibility index (Phi) is 7.50. The summed E-state index contributed by atoms with van der Waals surface area (Å²) in [7, 11) is 3.28. The number of hydrogen-bond acceptors (Lipinski definition) is 5. The molecule has 152 valence electrons. The van der Waals surface area contributed by atoms with Gasteiger partial charge in [0.2, 0.25) is 0 Å². The van der Waals surface area contributed by atoms with Crippen LogP contribution < -0.4 is 14.2 Å². The van der Waals surface area contributed by atoms with E-state index < -0.39 is 6.10 Å². The van der Waals surface area contributed by atoms with Crippen LogP contribution in [0.2, 0.25) is 0 Å². The van der Waals surface area contributed by atoms with Crippen molar-refractivity contribution < 1.29 is 24.1 Å². The topological polar surface area (TPSA) is 57.2 Å². The molecule has 1 unspecified atom stereocenters. The van der Waals surface area contributed by atoms with E-state index in [1.54, 1.807) is 14.2 Å². The number of methoxy groups -OCH3 is 2. The lowest BCUT2D eigenvalue weighted by molar-refractivity contribution is 0.0276. The number of hydrogen-bond donors (Lipinski definition) is 1. The molecule has 0 spiro atoms. The van der Waals surface area contributed by atoms with Gasteiger partial charge in [-0.2, -0.15) is 0 Å². The van der Waals surface area contributed by atoms with Crippen LogP contribution in [0.25, 0.3) is 0 Å². The van der Waals surface area contributed by atoms with Gasteiger partial charge in [-0.25, -0.2) is 0 Å². The first kappa shape index (κ1) is 20.7. The summed E-state index contributed by atoms with van der Waals surface area (Å²) in [4.78, 5) is 0. The van der Waals surface area contributed by atoms with Crippen molar-refractivity contribution in [3.63, 3.8) is 0 Å². The molecule has 0 amide bonds. The van der Waals surface area contributed by atoms with Crippen LogP contribution in [-0.2, 0) is 18.0 Å². The van der Waals surface area contributed by atoms with Crippen LogP contribution in [-0.4, -0.2) is 25.9 Å². The molecule has 1 N–H and O–H groups in total. The van der Waals surface area contributed by atoms with Gasteiger partial charge in [0.25, 0.3) is 0 Å². The Morgan fingerprint density at radius 2 is 1.31 bits per heavy atom. The maximum absolute atomic E-state index is 10.4. The summed E-state index contributed by atoms with van der Waals surface area (Å²) < 4.78 is 21.8. The fraction of sp³-hybridized carbons (Fsp3) is 0.250. The zero-order valence-corrected chi connectivity index (χ0v) is 16.7. The monoisotopic (exact) mass is 394 g/mol. The molecule has 0 saturated heterocycles. The smallest absolute Gasteiger partial charge is 0.120 e. The van der Waals surface area contributed by atoms with Crippen molar-refractivity contribution in [2.24, 2.45) is 0 Å². The molecule has 3 rings (SSSR count). The van der Waals surface area contributed by atoms with Crippen LogP contribution in [0.5, 0.6) is 17.2 Å². The molecule has 29 heavy (non-hydrogen) atoms. The average Bonchev–Trinajstić information content (AvgIpc) is 2.78. The van der Waals surface area contributed by atoms with Crippen LogP contribution in [0.1, 0.15) is 22.8 Å². The normalized spacial score (nSPS) is 11.7. The zero-order valence-electron chi connectivity index (χ0n) is 16.7. The first-order chi connectivity index (χ1) is 14.2. The summed E-state index contributed by atoms with van der Waals surface area (Å²) in [6.07, 6.45) is -0.724. The molecule has 0 aromatic heterocycles. The van der Waals surface area contributed by atoms with E-state index in [1.807, 2.05) is 72.8 Å². The minimum absolute atomic E-state index is 0.202. The van der Waals surface area contributed by atoms with Crippen molar-refractivity contribution in [2.75, 3.05) is 20.8 Å². The van der Waals surface area contributed by atoms with Gasteiger partial charge < -0.3 is 24.1 Å². The predicted molar refractivity (Wildman–Crippen MR) is 111 cm³/mol. The second kappa shape index (κ2) is 10.5. The molecule has 0 bridgehead atoms. The molecule has 0 aliphatic heterocycles. The number of rotatable bonds is 10. The molecule has 0 heterocycles. The molecule has 0 radical (unpaired) electrons. The van der Waals surface area contributed by atoms with Crippen LogP contribution in [0.3, 0.4) is 0 Å². The Morgan fingerprint density at radius 3 is 1.90 bits per heavy atom. The lowest BCUT2D eigenvalue weighted by Gasteiger charge is -2.14. The Hall–Kier alpha value is -3.02. The molecule has 3 aromatic carbocycles. The minimum Gasteiger partial charge on any atom is -0.497 e. The number of ether oxygens (including phenoxy) is 4. The first-order valence-corrected chi connectivity index (χ1v) is 9.42. The average molecular weight is 394 g/mol. The van der Waals surface area contributed by atoms with E-state index in [-0.39, 0.29) is 6.61 Å². The van der Waals surface area contributed by atoms with Crippen molar-refractivity contribution in [2.45, 2.75) is 19.3 Å². The highest BCUT2D eigenvalue weighted by Gasteiger charge is 2.09. The maximum Gasteiger partial charge on any atom is 0.120 e. The third-order valence-corrected chi connectivity index (χ3v) is 4.51. The standard InChI is InChI=1S/C24H26O5/c1-26-21-10-6-18(7-11-21)15-28-17-24(25)20-4-3-5-23(14-20)29-16-19-8-12-22(27-2)13-9-19/h3-14,24-25H,15-17H2,1-2H3. The Morgan fingerprint density at radius 1 is 0.724 bits per heavy atom. The third-order valence-electron chi connectivity index (χ3n) is 4.51. The molecule has 0 fully saturated rings. The molecule has 0 saturated carbocycles. The van der Waals surface area contributed by atoms with E-state index in [0.717, 1.165) is 28.2 Å². The van der Waals surface area contributed by atoms with Gasteiger partial charge in [0, 0.05) is 0 Å². The summed E-state index contributed by atoms with van der Waals surface area (Å²) in [6, 6.07) is 22.8. The first-order valence-electron chi connectivity index (χ1n) is 9.42. The van der Waals surface area contributed by atoms with Crippen molar-refractivity contribution in [3.05, 3.63) is 89.5 Å². The second-order valence-corrected chi connectivity index (χ2v) is 6.59. The fourth-order valence-electron chi connectivity index (χ4n) is 2.81. The van der Waals surface area contributed by atoms with Gasteiger partial charge in [-0.15, -0.1) is 0 Å². The van der Waals surface area contributed by atoms with E-state index >= 15 is 0 Å². The van der Waals surface area contributed by atoms with E-state index in [1.165, 1.54) is 0 Å². The third kappa shape index (κ3) is 6.24. The Balaban J connectivity index is 1.49. The minimum atomic E-state index is -0.724. The van der Waals surface area contributed by atoms with Crippen molar-refractivity contribution in [1.29, 1.82) is 0 Å². The van der Waals surface area contributed by atoms with Gasteiger partial charge in [0.1, 0.15) is 30.0 Å². The van der Waals surface area contributed by atoms with Gasteiger partial charge in [-0.05, 0) is 53.1 Å². The lowest BCUT2D eigenvalue weighted by atomic mass is 10.1. The van der Waals surface area contributed by atoms with Crippen LogP contribution in [0, 0.1) is 0 Å². The van der Waals surface area contributed by atoms with Crippen molar-refractivity contribution in [1.82, 2.24) is 0 Å². The highest BCUT2D eigenvalue weighted by molar-refractivity contribution is 5.31. The van der Waals surface area contributed by atoms with Crippen LogP contribution in [0.15, 0.2) is 72.8 Å². The lowest BCUT2D eigenvalue weighted by Crippen LogP contribution is -2.07. The molecule has 5 nitrogen and oxygen atoms in total. The van der Waals surface area contributed by atoms with E-state index in [9.17, 15) is 5.11 Å². The summed E-state index contributed by atoms with van der Waals surface area (Å²) >= 11 is 0. The predicted octanol–water partition coefficient (Wildman–Crippen LogP) is 4.53. The van der Waals surface area contributed by atoms with E-state index in [0.29, 0.717) is 19.0 Å². The quantitative estimate of drug-likeness (QED) is 0.547. The van der Waals surface area contributed by atoms with Gasteiger partial charge in [-0.1, -0.05) is 36.4 Å². The van der Waals surface area contributed by atoms with Gasteiger partial charge in [0.15, 0.2) is 0 Å². The summed E-state index contributed by atoms with van der Waals surface area (Å²) in [5.74, 6) is 2.32. The number of aliphatic hydroxyl groups is 1. The molecule has 1 atom stereocenters. The molecular weight excluding hydrogens is 368 g/mol. The Bertz CT molecular complexity index is 875. The van der Waals surface area contributed by atoms with E-state index in [2.05, 4.69) is 0 Å². The number of aliphatic hydroxyl groups excluding tert-OH is 1. The van der Waals surface area contributed by atoms with E-state index in [4.69, 9.17) is 18.9 Å². The Labute approximate surface area is 171 Å². The molecule has 0 aliphatic rings. The summed E-state index contributed by atoms with van der Waals surface area (Å²) in [5.41, 5.74) is 2.82. The molecule has 3 aromatic rings. The largest absolute Gasteiger partial charge is 0.497 e. The summed E-state index contributed by atoms with van der Waals surface area (Å²) in [5, 5.41) is 10.4. The molecule has 0 aliphatic carbocycles. The fourth-order valence-corrected chi connectivity index (χ4v) is 2.81. The second-order valence-electron chi connectivity index (χ2n) is 6.59. The van der Waals surface area contributed by atoms with Crippen molar-refractivity contribution >= 4 is 0 Å². The molecular formula is C24H26O5. The number of benzene rings is 3. The SMILES string of the molecule is COc1ccc(COCC(O)c2cccc(OCc3ccc(OC)cc3)c2)cc1. The van der Waals surface area contributed by atoms with Crippen molar-refractivity contribution in [3.8, 4) is 17.2 Å². The maximum atomic E-state index is 10.4. The van der Waals surface area contributed by atoms with Gasteiger partial charge in [-0.3, -0.25) is 0 Å².